The van der Waals surface area contributed by atoms with Crippen LogP contribution in [-0.2, 0) is 4.79 Å². The third kappa shape index (κ3) is 15.7. The predicted octanol–water partition coefficient (Wildman–Crippen LogP) is 2.59. The third-order valence-electron chi connectivity index (χ3n) is 0.450. The SMILES string of the molecule is C=CC(=O)C=C.F/C=C/Cl. The molecule has 0 aliphatic rings. The molecular weight excluding hydrogens is 155 g/mol. The van der Waals surface area contributed by atoms with Crippen molar-refractivity contribution in [1.29, 1.82) is 0 Å². The molecule has 0 heterocycles. The Morgan fingerprint density at radius 2 is 1.70 bits per heavy atom. The Kier molecular flexibility index (Phi) is 13.0. The van der Waals surface area contributed by atoms with Gasteiger partial charge in [0.2, 0.25) is 0 Å². The van der Waals surface area contributed by atoms with Gasteiger partial charge in [-0.2, -0.15) is 0 Å². The second-order valence-electron chi connectivity index (χ2n) is 1.06. The molecule has 1 nitrogen and oxygen atoms in total. The van der Waals surface area contributed by atoms with E-state index < -0.39 is 0 Å². The molecule has 0 N–H and O–H groups in total. The van der Waals surface area contributed by atoms with Crippen molar-refractivity contribution >= 4 is 17.4 Å². The first-order valence-corrected chi connectivity index (χ1v) is 2.80. The van der Waals surface area contributed by atoms with Crippen molar-refractivity contribution in [2.75, 3.05) is 0 Å². The summed E-state index contributed by atoms with van der Waals surface area (Å²) in [7, 11) is 0. The molecule has 0 rings (SSSR count). The maximum absolute atomic E-state index is 10.4. The summed E-state index contributed by atoms with van der Waals surface area (Å²) in [6.07, 6.45) is 2.70. The van der Waals surface area contributed by atoms with Crippen LogP contribution in [0.4, 0.5) is 4.39 Å². The van der Waals surface area contributed by atoms with Crippen LogP contribution in [0.5, 0.6) is 0 Å². The minimum Gasteiger partial charge on any atom is -0.290 e. The Balaban J connectivity index is 0. The molecule has 0 aromatic heterocycles. The van der Waals surface area contributed by atoms with Gasteiger partial charge in [-0.15, -0.1) is 0 Å². The van der Waals surface area contributed by atoms with Gasteiger partial charge in [0.05, 0.1) is 6.33 Å². The molecule has 0 radical (unpaired) electrons. The first-order valence-electron chi connectivity index (χ1n) is 2.37. The van der Waals surface area contributed by atoms with Crippen LogP contribution in [0.3, 0.4) is 0 Å². The molecule has 0 spiro atoms. The second kappa shape index (κ2) is 11.0. The van der Waals surface area contributed by atoms with E-state index in [9.17, 15) is 9.18 Å². The van der Waals surface area contributed by atoms with E-state index >= 15 is 0 Å². The maximum atomic E-state index is 10.4. The van der Waals surface area contributed by atoms with Crippen LogP contribution >= 0.6 is 11.6 Å². The average molecular weight is 163 g/mol. The predicted molar refractivity (Wildman–Crippen MR) is 41.5 cm³/mol. The van der Waals surface area contributed by atoms with Gasteiger partial charge < -0.3 is 0 Å². The summed E-state index contributed by atoms with van der Waals surface area (Å²) < 4.78 is 10.4. The molecule has 0 unspecified atom stereocenters. The maximum Gasteiger partial charge on any atom is 0.177 e. The van der Waals surface area contributed by atoms with Crippen LogP contribution in [0.15, 0.2) is 37.2 Å². The molecule has 0 aliphatic carbocycles. The van der Waals surface area contributed by atoms with E-state index in [0.717, 1.165) is 5.54 Å². The summed E-state index contributed by atoms with van der Waals surface area (Å²) in [5, 5.41) is 0. The summed E-state index contributed by atoms with van der Waals surface area (Å²) >= 11 is 4.63. The Morgan fingerprint density at radius 1 is 1.40 bits per heavy atom. The highest BCUT2D eigenvalue weighted by molar-refractivity contribution is 6.25. The van der Waals surface area contributed by atoms with Crippen molar-refractivity contribution in [2.45, 2.75) is 0 Å². The number of carbonyl (C=O) groups excluding carboxylic acids is 1. The van der Waals surface area contributed by atoms with E-state index in [0.29, 0.717) is 0 Å². The minimum atomic E-state index is -0.130. The lowest BCUT2D eigenvalue weighted by molar-refractivity contribution is -0.110. The molecule has 3 heteroatoms. The number of halogens is 2. The molecule has 0 aromatic rings. The van der Waals surface area contributed by atoms with Crippen molar-refractivity contribution in [3.63, 3.8) is 0 Å². The summed E-state index contributed by atoms with van der Waals surface area (Å²) in [6.45, 7) is 6.42. The lowest BCUT2D eigenvalue weighted by Gasteiger charge is -1.68. The molecule has 0 saturated heterocycles. The van der Waals surface area contributed by atoms with E-state index in [1.807, 2.05) is 0 Å². The number of carbonyl (C=O) groups is 1. The van der Waals surface area contributed by atoms with Gasteiger partial charge in [0.1, 0.15) is 0 Å². The summed E-state index contributed by atoms with van der Waals surface area (Å²) in [5.41, 5.74) is 0.806. The topological polar surface area (TPSA) is 17.1 Å². The zero-order valence-electron chi connectivity index (χ0n) is 5.39. The number of rotatable bonds is 2. The van der Waals surface area contributed by atoms with E-state index in [-0.39, 0.29) is 12.1 Å². The average Bonchev–Trinajstić information content (AvgIpc) is 2.03. The van der Waals surface area contributed by atoms with E-state index in [2.05, 4.69) is 24.8 Å². The standard InChI is InChI=1S/C5H6O.C2H2ClF/c1-3-5(6)4-2;3-1-2-4/h3-4H,1-2H2;1-2H/b;2-1+. The zero-order chi connectivity index (χ0) is 8.41. The summed E-state index contributed by atoms with van der Waals surface area (Å²) in [4.78, 5) is 9.94. The lowest BCUT2D eigenvalue weighted by Crippen LogP contribution is -1.78. The molecule has 0 aliphatic heterocycles. The van der Waals surface area contributed by atoms with Crippen molar-refractivity contribution in [1.82, 2.24) is 0 Å². The van der Waals surface area contributed by atoms with Crippen LogP contribution in [0.25, 0.3) is 0 Å². The van der Waals surface area contributed by atoms with Crippen molar-refractivity contribution in [3.8, 4) is 0 Å². The lowest BCUT2D eigenvalue weighted by atomic mass is 10.4. The van der Waals surface area contributed by atoms with Crippen LogP contribution in [0.1, 0.15) is 0 Å². The fourth-order valence-corrected chi connectivity index (χ4v) is 0.0833. The molecule has 0 fully saturated rings. The van der Waals surface area contributed by atoms with Gasteiger partial charge in [0, 0.05) is 5.54 Å². The molecule has 0 bridgehead atoms. The molecule has 56 valence electrons. The van der Waals surface area contributed by atoms with Gasteiger partial charge in [-0.25, -0.2) is 4.39 Å². The Bertz CT molecular complexity index is 127. The number of ketones is 1. The van der Waals surface area contributed by atoms with Gasteiger partial charge in [0.15, 0.2) is 5.78 Å². The molecule has 10 heavy (non-hydrogen) atoms. The fourth-order valence-electron chi connectivity index (χ4n) is 0.0833. The molecule has 0 atom stereocenters. The van der Waals surface area contributed by atoms with Crippen LogP contribution < -0.4 is 0 Å². The van der Waals surface area contributed by atoms with Crippen LogP contribution in [0, 0.1) is 0 Å². The van der Waals surface area contributed by atoms with Crippen molar-refractivity contribution in [3.05, 3.63) is 37.2 Å². The third-order valence-corrected chi connectivity index (χ3v) is 0.545. The van der Waals surface area contributed by atoms with E-state index in [1.165, 1.54) is 12.2 Å². The van der Waals surface area contributed by atoms with Gasteiger partial charge >= 0.3 is 0 Å². The van der Waals surface area contributed by atoms with Gasteiger partial charge in [-0.3, -0.25) is 4.79 Å². The largest absolute Gasteiger partial charge is 0.290 e. The van der Waals surface area contributed by atoms with Crippen LogP contribution in [0.2, 0.25) is 0 Å². The number of hydrogen-bond acceptors (Lipinski definition) is 1. The number of hydrogen-bond donors (Lipinski definition) is 0. The first kappa shape index (κ1) is 11.9. The van der Waals surface area contributed by atoms with Crippen molar-refractivity contribution < 1.29 is 9.18 Å². The second-order valence-corrected chi connectivity index (χ2v) is 1.31. The summed E-state index contributed by atoms with van der Waals surface area (Å²) in [6, 6.07) is 0. The van der Waals surface area contributed by atoms with E-state index in [4.69, 9.17) is 0 Å². The first-order chi connectivity index (χ1) is 4.72. The highest BCUT2D eigenvalue weighted by atomic mass is 35.5. The molecule has 0 amide bonds. The molecule has 0 aromatic carbocycles. The highest BCUT2D eigenvalue weighted by Crippen LogP contribution is 1.73. The van der Waals surface area contributed by atoms with Gasteiger partial charge in [-0.05, 0) is 12.2 Å². The summed E-state index contributed by atoms with van der Waals surface area (Å²) in [5.74, 6) is -0.130. The molecule has 0 saturated carbocycles. The Morgan fingerprint density at radius 3 is 1.70 bits per heavy atom. The number of allylic oxidation sites excluding steroid dienone is 2. The fraction of sp³-hybridized carbons (Fsp3) is 0. The smallest absolute Gasteiger partial charge is 0.177 e. The van der Waals surface area contributed by atoms with Gasteiger partial charge in [-0.1, -0.05) is 24.8 Å². The Hall–Kier alpha value is -0.890. The van der Waals surface area contributed by atoms with Gasteiger partial charge in [0.25, 0.3) is 0 Å². The zero-order valence-corrected chi connectivity index (χ0v) is 6.14. The normalized spacial score (nSPS) is 7.80. The monoisotopic (exact) mass is 162 g/mol. The minimum absolute atomic E-state index is 0.130. The van der Waals surface area contributed by atoms with Crippen LogP contribution in [-0.4, -0.2) is 5.78 Å². The van der Waals surface area contributed by atoms with Crippen molar-refractivity contribution in [2.24, 2.45) is 0 Å². The Labute approximate surface area is 64.5 Å². The quantitative estimate of drug-likeness (QED) is 0.571. The molecular formula is C7H8ClFO. The van der Waals surface area contributed by atoms with E-state index in [1.54, 1.807) is 0 Å². The highest BCUT2D eigenvalue weighted by Gasteiger charge is 1.75.